The van der Waals surface area contributed by atoms with Crippen molar-refractivity contribution in [3.05, 3.63) is 0 Å². The summed E-state index contributed by atoms with van der Waals surface area (Å²) in [5, 5.41) is 2.91. The lowest BCUT2D eigenvalue weighted by atomic mass is 9.94. The quantitative estimate of drug-likeness (QED) is 0.763. The Balaban J connectivity index is 2.50. The van der Waals surface area contributed by atoms with Crippen molar-refractivity contribution < 1.29 is 4.79 Å². The number of urea groups is 1. The zero-order chi connectivity index (χ0) is 11.1. The van der Waals surface area contributed by atoms with E-state index in [0.29, 0.717) is 6.04 Å². The first-order valence-electron chi connectivity index (χ1n) is 6.34. The summed E-state index contributed by atoms with van der Waals surface area (Å²) in [5.41, 5.74) is 0. The number of hydrogen-bond donors (Lipinski definition) is 1. The molecule has 0 aromatic carbocycles. The van der Waals surface area contributed by atoms with E-state index in [4.69, 9.17) is 0 Å². The molecule has 0 saturated heterocycles. The van der Waals surface area contributed by atoms with E-state index in [9.17, 15) is 4.79 Å². The molecule has 0 spiro atoms. The molecule has 15 heavy (non-hydrogen) atoms. The number of carbonyl (C=O) groups excluding carboxylic acids is 1. The monoisotopic (exact) mass is 212 g/mol. The van der Waals surface area contributed by atoms with E-state index in [-0.39, 0.29) is 6.03 Å². The fourth-order valence-electron chi connectivity index (χ4n) is 2.34. The van der Waals surface area contributed by atoms with Gasteiger partial charge in [-0.2, -0.15) is 0 Å². The van der Waals surface area contributed by atoms with Gasteiger partial charge in [-0.1, -0.05) is 26.2 Å². The van der Waals surface area contributed by atoms with Crippen LogP contribution in [0.1, 0.15) is 52.4 Å². The fraction of sp³-hybridized carbons (Fsp3) is 0.917. The Kier molecular flexibility index (Phi) is 5.51. The molecule has 1 fully saturated rings. The van der Waals surface area contributed by atoms with Crippen molar-refractivity contribution in [1.29, 1.82) is 0 Å². The van der Waals surface area contributed by atoms with Crippen LogP contribution >= 0.6 is 0 Å². The van der Waals surface area contributed by atoms with Gasteiger partial charge in [-0.05, 0) is 26.2 Å². The topological polar surface area (TPSA) is 32.3 Å². The van der Waals surface area contributed by atoms with Gasteiger partial charge in [0.25, 0.3) is 0 Å². The highest BCUT2D eigenvalue weighted by atomic mass is 16.2. The Morgan fingerprint density at radius 2 is 1.93 bits per heavy atom. The van der Waals surface area contributed by atoms with E-state index < -0.39 is 0 Å². The fourth-order valence-corrected chi connectivity index (χ4v) is 2.34. The SMILES string of the molecule is CCCN(C(=O)NCC)C1CCCCC1. The molecule has 1 saturated carbocycles. The van der Waals surface area contributed by atoms with Gasteiger partial charge in [-0.15, -0.1) is 0 Å². The van der Waals surface area contributed by atoms with Crippen LogP contribution < -0.4 is 5.32 Å². The number of hydrogen-bond acceptors (Lipinski definition) is 1. The summed E-state index contributed by atoms with van der Waals surface area (Å²) >= 11 is 0. The minimum Gasteiger partial charge on any atom is -0.338 e. The van der Waals surface area contributed by atoms with Crippen molar-refractivity contribution in [3.63, 3.8) is 0 Å². The Bertz CT molecular complexity index is 188. The van der Waals surface area contributed by atoms with E-state index in [1.54, 1.807) is 0 Å². The first-order chi connectivity index (χ1) is 7.29. The normalized spacial score (nSPS) is 17.5. The van der Waals surface area contributed by atoms with E-state index in [1.165, 1.54) is 32.1 Å². The molecule has 0 aromatic rings. The average molecular weight is 212 g/mol. The minimum atomic E-state index is 0.131. The summed E-state index contributed by atoms with van der Waals surface area (Å²) in [5.74, 6) is 0. The highest BCUT2D eigenvalue weighted by Crippen LogP contribution is 2.22. The van der Waals surface area contributed by atoms with Crippen LogP contribution in [0.5, 0.6) is 0 Å². The molecule has 1 aliphatic carbocycles. The molecule has 0 heterocycles. The second kappa shape index (κ2) is 6.70. The number of rotatable bonds is 4. The molecule has 0 unspecified atom stereocenters. The van der Waals surface area contributed by atoms with Crippen LogP contribution in [0.15, 0.2) is 0 Å². The summed E-state index contributed by atoms with van der Waals surface area (Å²) < 4.78 is 0. The lowest BCUT2D eigenvalue weighted by Gasteiger charge is -2.34. The van der Waals surface area contributed by atoms with Crippen LogP contribution in [0.25, 0.3) is 0 Å². The van der Waals surface area contributed by atoms with Gasteiger partial charge < -0.3 is 10.2 Å². The van der Waals surface area contributed by atoms with Crippen molar-refractivity contribution in [2.45, 2.75) is 58.4 Å². The summed E-state index contributed by atoms with van der Waals surface area (Å²) in [4.78, 5) is 13.9. The molecule has 2 amide bonds. The van der Waals surface area contributed by atoms with Gasteiger partial charge in [0.05, 0.1) is 0 Å². The zero-order valence-electron chi connectivity index (χ0n) is 10.1. The van der Waals surface area contributed by atoms with Crippen LogP contribution in [0.4, 0.5) is 4.79 Å². The summed E-state index contributed by atoms with van der Waals surface area (Å²) in [6.07, 6.45) is 7.34. The third kappa shape index (κ3) is 3.73. The van der Waals surface area contributed by atoms with Crippen molar-refractivity contribution in [2.75, 3.05) is 13.1 Å². The minimum absolute atomic E-state index is 0.131. The van der Waals surface area contributed by atoms with Gasteiger partial charge in [-0.25, -0.2) is 4.79 Å². The maximum Gasteiger partial charge on any atom is 0.317 e. The van der Waals surface area contributed by atoms with Gasteiger partial charge in [0, 0.05) is 19.1 Å². The van der Waals surface area contributed by atoms with Crippen LogP contribution in [0.2, 0.25) is 0 Å². The maximum absolute atomic E-state index is 11.8. The first kappa shape index (κ1) is 12.3. The molecular weight excluding hydrogens is 188 g/mol. The van der Waals surface area contributed by atoms with E-state index in [0.717, 1.165) is 19.5 Å². The van der Waals surface area contributed by atoms with Crippen molar-refractivity contribution in [1.82, 2.24) is 10.2 Å². The molecule has 88 valence electrons. The second-order valence-corrected chi connectivity index (χ2v) is 4.32. The third-order valence-corrected chi connectivity index (χ3v) is 3.07. The predicted octanol–water partition coefficient (Wildman–Crippen LogP) is 2.76. The van der Waals surface area contributed by atoms with E-state index in [1.807, 2.05) is 11.8 Å². The largest absolute Gasteiger partial charge is 0.338 e. The van der Waals surface area contributed by atoms with Crippen LogP contribution in [-0.2, 0) is 0 Å². The van der Waals surface area contributed by atoms with Crippen molar-refractivity contribution in [2.24, 2.45) is 0 Å². The molecule has 0 bridgehead atoms. The Morgan fingerprint density at radius 1 is 1.27 bits per heavy atom. The lowest BCUT2D eigenvalue weighted by Crippen LogP contribution is -2.47. The Labute approximate surface area is 93.2 Å². The number of carbonyl (C=O) groups is 1. The molecule has 1 rings (SSSR count). The molecule has 3 nitrogen and oxygen atoms in total. The average Bonchev–Trinajstić information content (AvgIpc) is 2.27. The van der Waals surface area contributed by atoms with Crippen molar-refractivity contribution >= 4 is 6.03 Å². The van der Waals surface area contributed by atoms with Gasteiger partial charge in [-0.3, -0.25) is 0 Å². The summed E-state index contributed by atoms with van der Waals surface area (Å²) in [6.45, 7) is 5.74. The molecule has 1 aliphatic rings. The smallest absolute Gasteiger partial charge is 0.317 e. The van der Waals surface area contributed by atoms with E-state index in [2.05, 4.69) is 12.2 Å². The van der Waals surface area contributed by atoms with Crippen molar-refractivity contribution in [3.8, 4) is 0 Å². The first-order valence-corrected chi connectivity index (χ1v) is 6.34. The van der Waals surface area contributed by atoms with Crippen LogP contribution in [-0.4, -0.2) is 30.1 Å². The molecule has 0 radical (unpaired) electrons. The van der Waals surface area contributed by atoms with Crippen LogP contribution in [0, 0.1) is 0 Å². The van der Waals surface area contributed by atoms with Crippen LogP contribution in [0.3, 0.4) is 0 Å². The van der Waals surface area contributed by atoms with Gasteiger partial charge in [0.2, 0.25) is 0 Å². The molecule has 3 heteroatoms. The van der Waals surface area contributed by atoms with Gasteiger partial charge >= 0.3 is 6.03 Å². The zero-order valence-corrected chi connectivity index (χ0v) is 10.1. The Morgan fingerprint density at radius 3 is 2.47 bits per heavy atom. The second-order valence-electron chi connectivity index (χ2n) is 4.32. The number of nitrogens with zero attached hydrogens (tertiary/aromatic N) is 1. The molecule has 0 aliphatic heterocycles. The van der Waals surface area contributed by atoms with Gasteiger partial charge in [0.1, 0.15) is 0 Å². The molecular formula is C12H24N2O. The summed E-state index contributed by atoms with van der Waals surface area (Å²) in [6, 6.07) is 0.622. The molecule has 0 aromatic heterocycles. The standard InChI is InChI=1S/C12H24N2O/c1-3-10-14(12(15)13-4-2)11-8-6-5-7-9-11/h11H,3-10H2,1-2H3,(H,13,15). The van der Waals surface area contributed by atoms with E-state index >= 15 is 0 Å². The highest BCUT2D eigenvalue weighted by Gasteiger charge is 2.23. The highest BCUT2D eigenvalue weighted by molar-refractivity contribution is 5.74. The third-order valence-electron chi connectivity index (χ3n) is 3.07. The van der Waals surface area contributed by atoms with Gasteiger partial charge in [0.15, 0.2) is 0 Å². The lowest BCUT2D eigenvalue weighted by molar-refractivity contribution is 0.156. The number of amides is 2. The Hall–Kier alpha value is -0.730. The number of nitrogens with one attached hydrogen (secondary N) is 1. The molecule has 0 atom stereocenters. The predicted molar refractivity (Wildman–Crippen MR) is 62.9 cm³/mol. The molecule has 1 N–H and O–H groups in total. The maximum atomic E-state index is 11.8. The summed E-state index contributed by atoms with van der Waals surface area (Å²) in [7, 11) is 0.